The minimum atomic E-state index is 0.453. The van der Waals surface area contributed by atoms with Crippen molar-refractivity contribution >= 4 is 35.0 Å². The van der Waals surface area contributed by atoms with Crippen molar-refractivity contribution in [1.82, 2.24) is 9.97 Å². The van der Waals surface area contributed by atoms with Crippen LogP contribution in [0.3, 0.4) is 0 Å². The third-order valence-corrected chi connectivity index (χ3v) is 4.67. The average molecular weight is 361 g/mol. The Balaban J connectivity index is 1.80. The first-order valence-electron chi connectivity index (χ1n) is 7.09. The highest BCUT2D eigenvalue weighted by Crippen LogP contribution is 2.26. The molecule has 23 heavy (non-hydrogen) atoms. The van der Waals surface area contributed by atoms with Crippen molar-refractivity contribution in [3.63, 3.8) is 0 Å². The molecular weight excluding hydrogens is 347 g/mol. The average Bonchev–Trinajstić information content (AvgIpc) is 2.54. The second kappa shape index (κ2) is 7.35. The quantitative estimate of drug-likeness (QED) is 0.321. The van der Waals surface area contributed by atoms with Gasteiger partial charge < -0.3 is 0 Å². The van der Waals surface area contributed by atoms with Gasteiger partial charge in [-0.15, -0.1) is 0 Å². The van der Waals surface area contributed by atoms with Crippen LogP contribution in [0, 0.1) is 6.92 Å². The maximum atomic E-state index is 6.15. The fourth-order valence-electron chi connectivity index (χ4n) is 2.06. The van der Waals surface area contributed by atoms with Gasteiger partial charge in [0.2, 0.25) is 0 Å². The molecule has 0 radical (unpaired) electrons. The van der Waals surface area contributed by atoms with E-state index in [1.165, 1.54) is 11.1 Å². The van der Waals surface area contributed by atoms with Gasteiger partial charge in [0.25, 0.3) is 0 Å². The number of halogens is 2. The van der Waals surface area contributed by atoms with Crippen molar-refractivity contribution in [3.8, 4) is 11.3 Å². The summed E-state index contributed by atoms with van der Waals surface area (Å²) in [5.74, 6) is 0.769. The normalized spacial score (nSPS) is 10.7. The maximum absolute atomic E-state index is 6.15. The van der Waals surface area contributed by atoms with Crippen LogP contribution in [0.2, 0.25) is 10.2 Å². The molecule has 0 bridgehead atoms. The van der Waals surface area contributed by atoms with E-state index in [0.717, 1.165) is 22.0 Å². The van der Waals surface area contributed by atoms with Crippen LogP contribution in [-0.2, 0) is 5.75 Å². The highest BCUT2D eigenvalue weighted by atomic mass is 35.5. The number of thioether (sulfide) groups is 1. The Morgan fingerprint density at radius 2 is 1.61 bits per heavy atom. The van der Waals surface area contributed by atoms with Crippen LogP contribution >= 0.6 is 35.0 Å². The SMILES string of the molecule is Cc1ccc(-c2cc(Cl)nc(SCc3ccc(Cl)cc3)n2)cc1. The van der Waals surface area contributed by atoms with E-state index in [9.17, 15) is 0 Å². The fourth-order valence-corrected chi connectivity index (χ4v) is 3.24. The van der Waals surface area contributed by atoms with Gasteiger partial charge >= 0.3 is 0 Å². The molecule has 0 unspecified atom stereocenters. The summed E-state index contributed by atoms with van der Waals surface area (Å²) in [7, 11) is 0. The standard InChI is InChI=1S/C18H14Cl2N2S/c1-12-2-6-14(7-3-12)16-10-17(20)22-18(21-16)23-11-13-4-8-15(19)9-5-13/h2-10H,11H2,1H3. The summed E-state index contributed by atoms with van der Waals surface area (Å²) in [6, 6.07) is 17.8. The van der Waals surface area contributed by atoms with Gasteiger partial charge in [-0.2, -0.15) is 0 Å². The zero-order chi connectivity index (χ0) is 16.2. The molecule has 3 aromatic rings. The maximum Gasteiger partial charge on any atom is 0.189 e. The van der Waals surface area contributed by atoms with Crippen molar-refractivity contribution in [1.29, 1.82) is 0 Å². The molecule has 0 amide bonds. The first-order valence-corrected chi connectivity index (χ1v) is 8.83. The van der Waals surface area contributed by atoms with Gasteiger partial charge in [-0.3, -0.25) is 0 Å². The monoisotopic (exact) mass is 360 g/mol. The molecule has 116 valence electrons. The molecule has 0 saturated carbocycles. The van der Waals surface area contributed by atoms with E-state index in [-0.39, 0.29) is 0 Å². The van der Waals surface area contributed by atoms with Crippen LogP contribution in [0.1, 0.15) is 11.1 Å². The highest BCUT2D eigenvalue weighted by Gasteiger charge is 2.07. The molecule has 5 heteroatoms. The van der Waals surface area contributed by atoms with Crippen LogP contribution in [-0.4, -0.2) is 9.97 Å². The first-order chi connectivity index (χ1) is 11.1. The molecule has 0 fully saturated rings. The molecule has 3 rings (SSSR count). The van der Waals surface area contributed by atoms with E-state index < -0.39 is 0 Å². The molecule has 0 saturated heterocycles. The Morgan fingerprint density at radius 1 is 0.913 bits per heavy atom. The summed E-state index contributed by atoms with van der Waals surface area (Å²) in [6.45, 7) is 2.06. The number of rotatable bonds is 4. The Hall–Kier alpha value is -1.55. The summed E-state index contributed by atoms with van der Waals surface area (Å²) in [4.78, 5) is 8.91. The zero-order valence-corrected chi connectivity index (χ0v) is 14.8. The van der Waals surface area contributed by atoms with E-state index in [0.29, 0.717) is 10.3 Å². The number of hydrogen-bond donors (Lipinski definition) is 0. The summed E-state index contributed by atoms with van der Waals surface area (Å²) < 4.78 is 0. The van der Waals surface area contributed by atoms with Crippen LogP contribution in [0.4, 0.5) is 0 Å². The van der Waals surface area contributed by atoms with Crippen molar-refractivity contribution in [2.24, 2.45) is 0 Å². The Labute approximate surface area is 149 Å². The van der Waals surface area contributed by atoms with Crippen molar-refractivity contribution in [2.45, 2.75) is 17.8 Å². The smallest absolute Gasteiger partial charge is 0.189 e. The van der Waals surface area contributed by atoms with E-state index in [4.69, 9.17) is 23.2 Å². The number of hydrogen-bond acceptors (Lipinski definition) is 3. The third-order valence-electron chi connectivity index (χ3n) is 3.30. The van der Waals surface area contributed by atoms with Crippen LogP contribution in [0.5, 0.6) is 0 Å². The van der Waals surface area contributed by atoms with Gasteiger partial charge in [0, 0.05) is 22.4 Å². The third kappa shape index (κ3) is 4.47. The second-order valence-electron chi connectivity index (χ2n) is 5.14. The minimum Gasteiger partial charge on any atom is -0.222 e. The Morgan fingerprint density at radius 3 is 2.30 bits per heavy atom. The Bertz CT molecular complexity index is 802. The molecule has 0 spiro atoms. The summed E-state index contributed by atoms with van der Waals surface area (Å²) in [5, 5.41) is 1.86. The molecule has 0 atom stereocenters. The van der Waals surface area contributed by atoms with E-state index in [1.54, 1.807) is 17.8 Å². The summed E-state index contributed by atoms with van der Waals surface area (Å²) >= 11 is 13.6. The van der Waals surface area contributed by atoms with Crippen molar-refractivity contribution in [2.75, 3.05) is 0 Å². The number of aromatic nitrogens is 2. The molecule has 0 aliphatic heterocycles. The lowest BCUT2D eigenvalue weighted by Gasteiger charge is -2.06. The van der Waals surface area contributed by atoms with Crippen LogP contribution in [0.15, 0.2) is 59.8 Å². The van der Waals surface area contributed by atoms with Gasteiger partial charge in [0.05, 0.1) is 5.69 Å². The van der Waals surface area contributed by atoms with Gasteiger partial charge in [0.15, 0.2) is 5.16 Å². The minimum absolute atomic E-state index is 0.453. The molecule has 2 aromatic carbocycles. The fraction of sp³-hybridized carbons (Fsp3) is 0.111. The van der Waals surface area contributed by atoms with Crippen LogP contribution in [0.25, 0.3) is 11.3 Å². The molecule has 0 N–H and O–H groups in total. The lowest BCUT2D eigenvalue weighted by Crippen LogP contribution is -1.92. The molecular formula is C18H14Cl2N2S. The molecule has 2 nitrogen and oxygen atoms in total. The number of nitrogens with zero attached hydrogens (tertiary/aromatic N) is 2. The molecule has 1 heterocycles. The van der Waals surface area contributed by atoms with E-state index in [1.807, 2.05) is 36.4 Å². The predicted molar refractivity (Wildman–Crippen MR) is 98.2 cm³/mol. The van der Waals surface area contributed by atoms with Crippen molar-refractivity contribution < 1.29 is 0 Å². The Kier molecular flexibility index (Phi) is 5.21. The highest BCUT2D eigenvalue weighted by molar-refractivity contribution is 7.98. The molecule has 0 aliphatic carbocycles. The van der Waals surface area contributed by atoms with Crippen molar-refractivity contribution in [3.05, 3.63) is 75.9 Å². The molecule has 1 aromatic heterocycles. The first kappa shape index (κ1) is 16.3. The topological polar surface area (TPSA) is 25.8 Å². The predicted octanol–water partition coefficient (Wildman–Crippen LogP) is 6.05. The lowest BCUT2D eigenvalue weighted by atomic mass is 10.1. The summed E-state index contributed by atoms with van der Waals surface area (Å²) in [6.07, 6.45) is 0. The summed E-state index contributed by atoms with van der Waals surface area (Å²) in [5.41, 5.74) is 4.25. The second-order valence-corrected chi connectivity index (χ2v) is 6.91. The largest absolute Gasteiger partial charge is 0.222 e. The van der Waals surface area contributed by atoms with Gasteiger partial charge in [0.1, 0.15) is 5.15 Å². The van der Waals surface area contributed by atoms with Crippen LogP contribution < -0.4 is 0 Å². The molecule has 0 aliphatic rings. The number of benzene rings is 2. The van der Waals surface area contributed by atoms with Gasteiger partial charge in [-0.25, -0.2) is 9.97 Å². The van der Waals surface area contributed by atoms with E-state index in [2.05, 4.69) is 29.0 Å². The van der Waals surface area contributed by atoms with Gasteiger partial charge in [-0.1, -0.05) is 76.9 Å². The van der Waals surface area contributed by atoms with Gasteiger partial charge in [-0.05, 0) is 24.6 Å². The number of aryl methyl sites for hydroxylation is 1. The van der Waals surface area contributed by atoms with E-state index >= 15 is 0 Å². The lowest BCUT2D eigenvalue weighted by molar-refractivity contribution is 0.972. The zero-order valence-electron chi connectivity index (χ0n) is 12.5.